The van der Waals surface area contributed by atoms with Crippen LogP contribution in [0.15, 0.2) is 0 Å². The van der Waals surface area contributed by atoms with Crippen LogP contribution in [0.4, 0.5) is 0 Å². The number of rotatable bonds is 3. The highest BCUT2D eigenvalue weighted by Crippen LogP contribution is 2.25. The maximum absolute atomic E-state index is 10.8. The molecular weight excluding hydrogens is 168 g/mol. The normalized spacial score (nSPS) is 28.5. The largest absolute Gasteiger partial charge is 0.467 e. The van der Waals surface area contributed by atoms with Crippen LogP contribution in [0.2, 0.25) is 0 Å². The van der Waals surface area contributed by atoms with E-state index in [2.05, 4.69) is 11.7 Å². The summed E-state index contributed by atoms with van der Waals surface area (Å²) in [6.45, 7) is 2.28. The second-order valence-corrected chi connectivity index (χ2v) is 3.69. The van der Waals surface area contributed by atoms with Crippen LogP contribution in [0, 0.1) is 5.92 Å². The number of esters is 1. The highest BCUT2D eigenvalue weighted by Gasteiger charge is 2.22. The summed E-state index contributed by atoms with van der Waals surface area (Å²) < 4.78 is 9.99. The van der Waals surface area contributed by atoms with Gasteiger partial charge in [-0.05, 0) is 18.8 Å². The summed E-state index contributed by atoms with van der Waals surface area (Å²) in [5.74, 6) is 0.302. The zero-order valence-electron chi connectivity index (χ0n) is 8.41. The number of hydrogen-bond donors (Lipinski definition) is 0. The van der Waals surface area contributed by atoms with E-state index in [0.29, 0.717) is 5.92 Å². The lowest BCUT2D eigenvalue weighted by Crippen LogP contribution is -2.28. The van der Waals surface area contributed by atoms with E-state index in [0.717, 1.165) is 6.42 Å². The molecule has 0 radical (unpaired) electrons. The lowest BCUT2D eigenvalue weighted by Gasteiger charge is -2.28. The predicted octanol–water partition coefficient (Wildman–Crippen LogP) is 1.75. The van der Waals surface area contributed by atoms with Gasteiger partial charge in [0.25, 0.3) is 0 Å². The first-order valence-electron chi connectivity index (χ1n) is 4.92. The Hall–Kier alpha value is -0.570. The first-order chi connectivity index (χ1) is 6.24. The van der Waals surface area contributed by atoms with Gasteiger partial charge in [-0.3, -0.25) is 0 Å². The quantitative estimate of drug-likeness (QED) is 0.630. The molecule has 1 saturated carbocycles. The molecule has 2 unspecified atom stereocenters. The van der Waals surface area contributed by atoms with Crippen LogP contribution in [0.5, 0.6) is 0 Å². The molecule has 1 rings (SSSR count). The van der Waals surface area contributed by atoms with Crippen LogP contribution in [0.25, 0.3) is 0 Å². The SMILES string of the molecule is COC(=O)COC1CCCCC1C. The average Bonchev–Trinajstić information content (AvgIpc) is 2.16. The van der Waals surface area contributed by atoms with Crippen molar-refractivity contribution >= 4 is 5.97 Å². The molecule has 0 spiro atoms. The van der Waals surface area contributed by atoms with E-state index in [-0.39, 0.29) is 18.7 Å². The maximum atomic E-state index is 10.8. The molecule has 1 fully saturated rings. The number of hydrogen-bond acceptors (Lipinski definition) is 3. The minimum atomic E-state index is -0.280. The van der Waals surface area contributed by atoms with Crippen molar-refractivity contribution in [1.29, 1.82) is 0 Å². The van der Waals surface area contributed by atoms with Crippen LogP contribution in [0.3, 0.4) is 0 Å². The van der Waals surface area contributed by atoms with E-state index >= 15 is 0 Å². The van der Waals surface area contributed by atoms with Gasteiger partial charge in [0, 0.05) is 0 Å². The van der Waals surface area contributed by atoms with Crippen LogP contribution < -0.4 is 0 Å². The lowest BCUT2D eigenvalue weighted by molar-refractivity contribution is -0.149. The third-order valence-corrected chi connectivity index (χ3v) is 2.68. The average molecular weight is 186 g/mol. The molecule has 0 heterocycles. The first-order valence-corrected chi connectivity index (χ1v) is 4.92. The van der Waals surface area contributed by atoms with Crippen molar-refractivity contribution in [2.45, 2.75) is 38.7 Å². The summed E-state index contributed by atoms with van der Waals surface area (Å²) in [6, 6.07) is 0. The zero-order valence-corrected chi connectivity index (χ0v) is 8.41. The zero-order chi connectivity index (χ0) is 9.68. The molecule has 3 heteroatoms. The molecular formula is C10H18O3. The summed E-state index contributed by atoms with van der Waals surface area (Å²) in [7, 11) is 1.38. The van der Waals surface area contributed by atoms with Gasteiger partial charge in [-0.1, -0.05) is 19.8 Å². The second kappa shape index (κ2) is 5.22. The molecule has 13 heavy (non-hydrogen) atoms. The van der Waals surface area contributed by atoms with Crippen molar-refractivity contribution in [3.05, 3.63) is 0 Å². The third kappa shape index (κ3) is 3.35. The lowest BCUT2D eigenvalue weighted by atomic mass is 9.88. The number of methoxy groups -OCH3 is 1. The summed E-state index contributed by atoms with van der Waals surface area (Å²) in [5, 5.41) is 0. The molecule has 0 aliphatic heterocycles. The molecule has 1 aliphatic rings. The number of carbonyl (C=O) groups excluding carboxylic acids is 1. The van der Waals surface area contributed by atoms with Crippen molar-refractivity contribution in [1.82, 2.24) is 0 Å². The van der Waals surface area contributed by atoms with Crippen molar-refractivity contribution in [3.63, 3.8) is 0 Å². The molecule has 0 amide bonds. The molecule has 0 aromatic rings. The van der Waals surface area contributed by atoms with Gasteiger partial charge in [0.15, 0.2) is 0 Å². The van der Waals surface area contributed by atoms with Crippen LogP contribution in [0.1, 0.15) is 32.6 Å². The molecule has 2 atom stereocenters. The summed E-state index contributed by atoms with van der Waals surface area (Å²) in [6.07, 6.45) is 5.06. The van der Waals surface area contributed by atoms with E-state index < -0.39 is 0 Å². The fourth-order valence-electron chi connectivity index (χ4n) is 1.76. The fourth-order valence-corrected chi connectivity index (χ4v) is 1.76. The van der Waals surface area contributed by atoms with Gasteiger partial charge in [0.2, 0.25) is 0 Å². The van der Waals surface area contributed by atoms with E-state index in [1.54, 1.807) is 0 Å². The maximum Gasteiger partial charge on any atom is 0.331 e. The molecule has 0 N–H and O–H groups in total. The Bertz CT molecular complexity index is 168. The second-order valence-electron chi connectivity index (χ2n) is 3.69. The minimum Gasteiger partial charge on any atom is -0.467 e. The summed E-state index contributed by atoms with van der Waals surface area (Å²) in [5.41, 5.74) is 0. The highest BCUT2D eigenvalue weighted by molar-refractivity contribution is 5.70. The predicted molar refractivity (Wildman–Crippen MR) is 49.4 cm³/mol. The summed E-state index contributed by atoms with van der Waals surface area (Å²) in [4.78, 5) is 10.8. The highest BCUT2D eigenvalue weighted by atomic mass is 16.6. The van der Waals surface area contributed by atoms with Gasteiger partial charge in [-0.2, -0.15) is 0 Å². The molecule has 0 aromatic carbocycles. The van der Waals surface area contributed by atoms with Crippen molar-refractivity contribution in [2.24, 2.45) is 5.92 Å². The van der Waals surface area contributed by atoms with Crippen LogP contribution in [-0.2, 0) is 14.3 Å². The topological polar surface area (TPSA) is 35.5 Å². The Kier molecular flexibility index (Phi) is 4.22. The fraction of sp³-hybridized carbons (Fsp3) is 0.900. The Balaban J connectivity index is 2.22. The van der Waals surface area contributed by atoms with Gasteiger partial charge in [-0.25, -0.2) is 4.79 Å². The summed E-state index contributed by atoms with van der Waals surface area (Å²) >= 11 is 0. The number of ether oxygens (including phenoxy) is 2. The van der Waals surface area contributed by atoms with Gasteiger partial charge in [-0.15, -0.1) is 0 Å². The monoisotopic (exact) mass is 186 g/mol. The Labute approximate surface area is 79.4 Å². The van der Waals surface area contributed by atoms with Gasteiger partial charge >= 0.3 is 5.97 Å². The van der Waals surface area contributed by atoms with Crippen molar-refractivity contribution in [3.8, 4) is 0 Å². The van der Waals surface area contributed by atoms with E-state index in [9.17, 15) is 4.79 Å². The molecule has 3 nitrogen and oxygen atoms in total. The third-order valence-electron chi connectivity index (χ3n) is 2.68. The smallest absolute Gasteiger partial charge is 0.331 e. The van der Waals surface area contributed by atoms with Crippen molar-refractivity contribution < 1.29 is 14.3 Å². The standard InChI is InChI=1S/C10H18O3/c1-8-5-3-4-6-9(8)13-7-10(11)12-2/h8-9H,3-7H2,1-2H3. The van der Waals surface area contributed by atoms with E-state index in [1.807, 2.05) is 0 Å². The Morgan fingerprint density at radius 2 is 2.08 bits per heavy atom. The van der Waals surface area contributed by atoms with Gasteiger partial charge in [0.05, 0.1) is 13.2 Å². The van der Waals surface area contributed by atoms with E-state index in [4.69, 9.17) is 4.74 Å². The first kappa shape index (κ1) is 10.5. The molecule has 76 valence electrons. The van der Waals surface area contributed by atoms with Crippen LogP contribution >= 0.6 is 0 Å². The Morgan fingerprint density at radius 3 is 2.69 bits per heavy atom. The number of carbonyl (C=O) groups is 1. The van der Waals surface area contributed by atoms with Gasteiger partial charge in [0.1, 0.15) is 6.61 Å². The molecule has 1 aliphatic carbocycles. The van der Waals surface area contributed by atoms with E-state index in [1.165, 1.54) is 26.4 Å². The molecule has 0 aromatic heterocycles. The van der Waals surface area contributed by atoms with Crippen molar-refractivity contribution in [2.75, 3.05) is 13.7 Å². The van der Waals surface area contributed by atoms with Crippen LogP contribution in [-0.4, -0.2) is 25.8 Å². The molecule has 0 saturated heterocycles. The molecule has 0 bridgehead atoms. The Morgan fingerprint density at radius 1 is 1.38 bits per heavy atom. The van der Waals surface area contributed by atoms with Gasteiger partial charge < -0.3 is 9.47 Å². The minimum absolute atomic E-state index is 0.103.